The minimum absolute atomic E-state index is 0.888. The van der Waals surface area contributed by atoms with Crippen molar-refractivity contribution in [1.82, 2.24) is 9.97 Å². The fraction of sp³-hybridized carbons (Fsp3) is 0.556. The van der Waals surface area contributed by atoms with Crippen molar-refractivity contribution in [2.45, 2.75) is 19.8 Å². The first-order valence-electron chi connectivity index (χ1n) is 4.37. The highest BCUT2D eigenvalue weighted by Crippen LogP contribution is 2.28. The number of nitrogens with one attached hydrogen (secondary N) is 1. The van der Waals surface area contributed by atoms with Gasteiger partial charge in [-0.3, -0.25) is 0 Å². The molecule has 0 unspecified atom stereocenters. The molecular formula is C9H13N3. The summed E-state index contributed by atoms with van der Waals surface area (Å²) >= 11 is 0. The lowest BCUT2D eigenvalue weighted by molar-refractivity contribution is 0.878. The molecule has 0 atom stereocenters. The molecule has 3 heteroatoms. The minimum atomic E-state index is 0.888. The molecule has 1 aromatic heterocycles. The second-order valence-corrected chi connectivity index (χ2v) is 3.38. The third kappa shape index (κ3) is 1.72. The number of aryl methyl sites for hydroxylation is 1. The average molecular weight is 163 g/mol. The molecule has 0 amide bonds. The third-order valence-electron chi connectivity index (χ3n) is 2.15. The van der Waals surface area contributed by atoms with Crippen molar-refractivity contribution in [3.05, 3.63) is 18.1 Å². The van der Waals surface area contributed by atoms with Crippen molar-refractivity contribution >= 4 is 5.82 Å². The Morgan fingerprint density at radius 3 is 3.08 bits per heavy atom. The van der Waals surface area contributed by atoms with E-state index in [1.165, 1.54) is 12.8 Å². The summed E-state index contributed by atoms with van der Waals surface area (Å²) < 4.78 is 0. The van der Waals surface area contributed by atoms with Crippen LogP contribution in [0.4, 0.5) is 5.82 Å². The van der Waals surface area contributed by atoms with Crippen molar-refractivity contribution < 1.29 is 0 Å². The van der Waals surface area contributed by atoms with E-state index in [4.69, 9.17) is 0 Å². The Bertz CT molecular complexity index is 268. The van der Waals surface area contributed by atoms with Gasteiger partial charge in [0, 0.05) is 18.3 Å². The Balaban J connectivity index is 1.96. The van der Waals surface area contributed by atoms with Crippen LogP contribution in [0.25, 0.3) is 0 Å². The van der Waals surface area contributed by atoms with Crippen LogP contribution >= 0.6 is 0 Å². The van der Waals surface area contributed by atoms with Gasteiger partial charge in [0.15, 0.2) is 0 Å². The van der Waals surface area contributed by atoms with Crippen LogP contribution < -0.4 is 5.32 Å². The van der Waals surface area contributed by atoms with Crippen LogP contribution in [0, 0.1) is 12.8 Å². The number of anilines is 1. The first kappa shape index (κ1) is 7.53. The zero-order chi connectivity index (χ0) is 8.39. The van der Waals surface area contributed by atoms with Gasteiger partial charge in [-0.1, -0.05) is 0 Å². The number of aromatic nitrogens is 2. The molecule has 1 aliphatic rings. The quantitative estimate of drug-likeness (QED) is 0.735. The van der Waals surface area contributed by atoms with Crippen LogP contribution in [0.1, 0.15) is 18.4 Å². The Labute approximate surface area is 72.2 Å². The van der Waals surface area contributed by atoms with Crippen molar-refractivity contribution in [3.8, 4) is 0 Å². The van der Waals surface area contributed by atoms with E-state index in [1.807, 2.05) is 13.1 Å². The molecule has 0 saturated heterocycles. The molecule has 0 aliphatic heterocycles. The zero-order valence-corrected chi connectivity index (χ0v) is 7.25. The fourth-order valence-corrected chi connectivity index (χ4v) is 1.15. The molecule has 1 saturated carbocycles. The average Bonchev–Trinajstić information content (AvgIpc) is 2.86. The summed E-state index contributed by atoms with van der Waals surface area (Å²) in [5, 5.41) is 3.32. The first-order valence-corrected chi connectivity index (χ1v) is 4.37. The maximum atomic E-state index is 4.16. The van der Waals surface area contributed by atoms with Crippen LogP contribution in [0.15, 0.2) is 12.5 Å². The topological polar surface area (TPSA) is 37.8 Å². The Hall–Kier alpha value is -1.12. The zero-order valence-electron chi connectivity index (χ0n) is 7.25. The lowest BCUT2D eigenvalue weighted by Crippen LogP contribution is -2.06. The highest BCUT2D eigenvalue weighted by atomic mass is 15.0. The summed E-state index contributed by atoms with van der Waals surface area (Å²) in [4.78, 5) is 8.09. The van der Waals surface area contributed by atoms with Gasteiger partial charge >= 0.3 is 0 Å². The predicted octanol–water partition coefficient (Wildman–Crippen LogP) is 1.61. The standard InChI is InChI=1S/C9H13N3/c1-7-4-10-6-12-9(7)11-5-8-2-3-8/h4,6,8H,2-3,5H2,1H3,(H,10,11,12). The number of hydrogen-bond acceptors (Lipinski definition) is 3. The SMILES string of the molecule is Cc1cncnc1NCC1CC1. The Morgan fingerprint density at radius 2 is 2.42 bits per heavy atom. The van der Waals surface area contributed by atoms with Crippen molar-refractivity contribution in [3.63, 3.8) is 0 Å². The summed E-state index contributed by atoms with van der Waals surface area (Å²) in [5.41, 5.74) is 1.12. The fourth-order valence-electron chi connectivity index (χ4n) is 1.15. The van der Waals surface area contributed by atoms with Crippen LogP contribution in [0.5, 0.6) is 0 Å². The molecule has 2 rings (SSSR count). The van der Waals surface area contributed by atoms with Gasteiger partial charge in [-0.2, -0.15) is 0 Å². The first-order chi connectivity index (χ1) is 5.86. The lowest BCUT2D eigenvalue weighted by Gasteiger charge is -2.05. The molecule has 3 nitrogen and oxygen atoms in total. The van der Waals surface area contributed by atoms with E-state index in [0.29, 0.717) is 0 Å². The normalized spacial score (nSPS) is 16.1. The largest absolute Gasteiger partial charge is 0.369 e. The molecule has 1 aliphatic carbocycles. The van der Waals surface area contributed by atoms with Crippen LogP contribution in [-0.2, 0) is 0 Å². The van der Waals surface area contributed by atoms with E-state index in [1.54, 1.807) is 6.33 Å². The van der Waals surface area contributed by atoms with Crippen LogP contribution in [-0.4, -0.2) is 16.5 Å². The molecule has 64 valence electrons. The van der Waals surface area contributed by atoms with E-state index in [2.05, 4.69) is 15.3 Å². The summed E-state index contributed by atoms with van der Waals surface area (Å²) in [6.07, 6.45) is 6.17. The number of hydrogen-bond donors (Lipinski definition) is 1. The van der Waals surface area contributed by atoms with Gasteiger partial charge in [0.2, 0.25) is 0 Å². The summed E-state index contributed by atoms with van der Waals surface area (Å²) in [6, 6.07) is 0. The Kier molecular flexibility index (Phi) is 1.94. The summed E-state index contributed by atoms with van der Waals surface area (Å²) in [5.74, 6) is 1.87. The van der Waals surface area contributed by atoms with Gasteiger partial charge < -0.3 is 5.32 Å². The minimum Gasteiger partial charge on any atom is -0.369 e. The molecule has 12 heavy (non-hydrogen) atoms. The molecule has 0 aromatic carbocycles. The maximum absolute atomic E-state index is 4.16. The van der Waals surface area contributed by atoms with Gasteiger partial charge in [-0.15, -0.1) is 0 Å². The molecule has 1 N–H and O–H groups in total. The molecule has 1 fully saturated rings. The number of nitrogens with zero attached hydrogens (tertiary/aromatic N) is 2. The van der Waals surface area contributed by atoms with Crippen molar-refractivity contribution in [2.24, 2.45) is 5.92 Å². The molecule has 0 bridgehead atoms. The highest BCUT2D eigenvalue weighted by Gasteiger charge is 2.20. The second kappa shape index (κ2) is 3.09. The van der Waals surface area contributed by atoms with E-state index < -0.39 is 0 Å². The van der Waals surface area contributed by atoms with Crippen molar-refractivity contribution in [2.75, 3.05) is 11.9 Å². The second-order valence-electron chi connectivity index (χ2n) is 3.38. The molecule has 0 radical (unpaired) electrons. The maximum Gasteiger partial charge on any atom is 0.132 e. The van der Waals surface area contributed by atoms with Crippen LogP contribution in [0.3, 0.4) is 0 Å². The van der Waals surface area contributed by atoms with E-state index in [9.17, 15) is 0 Å². The van der Waals surface area contributed by atoms with Crippen molar-refractivity contribution in [1.29, 1.82) is 0 Å². The molecule has 0 spiro atoms. The van der Waals surface area contributed by atoms with E-state index >= 15 is 0 Å². The van der Waals surface area contributed by atoms with Gasteiger partial charge in [0.05, 0.1) is 0 Å². The van der Waals surface area contributed by atoms with E-state index in [-0.39, 0.29) is 0 Å². The highest BCUT2D eigenvalue weighted by molar-refractivity contribution is 5.40. The van der Waals surface area contributed by atoms with Gasteiger partial charge in [0.25, 0.3) is 0 Å². The van der Waals surface area contributed by atoms with Gasteiger partial charge in [-0.25, -0.2) is 9.97 Å². The van der Waals surface area contributed by atoms with Crippen LogP contribution in [0.2, 0.25) is 0 Å². The third-order valence-corrected chi connectivity index (χ3v) is 2.15. The predicted molar refractivity (Wildman–Crippen MR) is 48.0 cm³/mol. The van der Waals surface area contributed by atoms with Gasteiger partial charge in [0.1, 0.15) is 12.1 Å². The smallest absolute Gasteiger partial charge is 0.132 e. The summed E-state index contributed by atoms with van der Waals surface area (Å²) in [6.45, 7) is 3.09. The molecule has 1 heterocycles. The molecular weight excluding hydrogens is 150 g/mol. The summed E-state index contributed by atoms with van der Waals surface area (Å²) in [7, 11) is 0. The van der Waals surface area contributed by atoms with E-state index in [0.717, 1.165) is 23.8 Å². The Morgan fingerprint density at radius 1 is 1.58 bits per heavy atom. The molecule has 1 aromatic rings. The number of rotatable bonds is 3. The lowest BCUT2D eigenvalue weighted by atomic mass is 10.3. The van der Waals surface area contributed by atoms with Gasteiger partial charge in [-0.05, 0) is 25.7 Å². The monoisotopic (exact) mass is 163 g/mol.